The average Bonchev–Trinajstić information content (AvgIpc) is 2.71. The summed E-state index contributed by atoms with van der Waals surface area (Å²) in [5, 5.41) is 2.66. The maximum atomic E-state index is 13.5. The van der Waals surface area contributed by atoms with E-state index in [9.17, 15) is 17.6 Å². The zero-order chi connectivity index (χ0) is 14.9. The monoisotopic (exact) mass is 413 g/mol. The van der Waals surface area contributed by atoms with E-state index < -0.39 is 16.0 Å². The second-order valence-electron chi connectivity index (χ2n) is 4.66. The van der Waals surface area contributed by atoms with Crippen molar-refractivity contribution in [2.45, 2.75) is 18.4 Å². The highest BCUT2D eigenvalue weighted by molar-refractivity contribution is 14.1. The molecule has 8 heteroatoms. The lowest BCUT2D eigenvalue weighted by atomic mass is 9.96. The predicted molar refractivity (Wildman–Crippen MR) is 79.2 cm³/mol. The molecule has 1 aliphatic rings. The fourth-order valence-corrected chi connectivity index (χ4v) is 2.83. The normalized spacial score (nSPS) is 22.9. The Morgan fingerprint density at radius 2 is 2.20 bits per heavy atom. The molecule has 1 amide bonds. The summed E-state index contributed by atoms with van der Waals surface area (Å²) in [4.78, 5) is 11.9. The van der Waals surface area contributed by atoms with Crippen LogP contribution in [0.5, 0.6) is 0 Å². The number of carbonyl (C=O) groups excluding carboxylic acids is 1. The Kier molecular flexibility index (Phi) is 4.65. The second kappa shape index (κ2) is 5.94. The van der Waals surface area contributed by atoms with Crippen molar-refractivity contribution in [3.63, 3.8) is 0 Å². The number of amides is 1. The van der Waals surface area contributed by atoms with Gasteiger partial charge in [0.05, 0.1) is 24.8 Å². The minimum atomic E-state index is -3.54. The number of nitrogens with one attached hydrogen (secondary N) is 1. The molecule has 0 aromatic heterocycles. The molecule has 0 radical (unpaired) electrons. The van der Waals surface area contributed by atoms with Gasteiger partial charge in [0, 0.05) is 3.57 Å². The largest absolute Gasteiger partial charge is 0.350 e. The highest BCUT2D eigenvalue weighted by Gasteiger charge is 2.34. The summed E-state index contributed by atoms with van der Waals surface area (Å²) >= 11 is 1.87. The minimum Gasteiger partial charge on any atom is -0.350 e. The van der Waals surface area contributed by atoms with Crippen molar-refractivity contribution in [1.82, 2.24) is 5.32 Å². The summed E-state index contributed by atoms with van der Waals surface area (Å²) in [6.45, 7) is -0.103. The lowest BCUT2D eigenvalue weighted by molar-refractivity contribution is -0.120. The van der Waals surface area contributed by atoms with Crippen molar-refractivity contribution >= 4 is 38.6 Å². The molecule has 1 heterocycles. The topological polar surface area (TPSA) is 72.5 Å². The molecule has 1 aromatic rings. The first-order valence-electron chi connectivity index (χ1n) is 5.86. The van der Waals surface area contributed by atoms with Crippen LogP contribution < -0.4 is 5.32 Å². The molecule has 0 aliphatic carbocycles. The molecule has 2 rings (SSSR count). The maximum Gasteiger partial charge on any atom is 0.264 e. The van der Waals surface area contributed by atoms with Crippen LogP contribution in [0.4, 0.5) is 4.39 Å². The van der Waals surface area contributed by atoms with Gasteiger partial charge in [-0.05, 0) is 46.7 Å². The van der Waals surface area contributed by atoms with Crippen molar-refractivity contribution in [1.29, 1.82) is 0 Å². The summed E-state index contributed by atoms with van der Waals surface area (Å²) in [5.41, 5.74) is 0.585. The number of carbonyl (C=O) groups is 1. The van der Waals surface area contributed by atoms with E-state index in [1.165, 1.54) is 6.07 Å². The summed E-state index contributed by atoms with van der Waals surface area (Å²) in [7, 11) is -3.54. The van der Waals surface area contributed by atoms with E-state index in [0.29, 0.717) is 15.6 Å². The average molecular weight is 413 g/mol. The van der Waals surface area contributed by atoms with Crippen molar-refractivity contribution in [3.8, 4) is 0 Å². The molecule has 20 heavy (non-hydrogen) atoms. The molecule has 1 saturated heterocycles. The van der Waals surface area contributed by atoms with E-state index >= 15 is 0 Å². The Morgan fingerprint density at radius 3 is 2.80 bits per heavy atom. The van der Waals surface area contributed by atoms with Crippen molar-refractivity contribution in [3.05, 3.63) is 33.1 Å². The van der Waals surface area contributed by atoms with Gasteiger partial charge < -0.3 is 5.32 Å². The fraction of sp³-hybridized carbons (Fsp3) is 0.417. The van der Waals surface area contributed by atoms with Crippen LogP contribution >= 0.6 is 22.6 Å². The second-order valence-corrected chi connectivity index (χ2v) is 7.46. The van der Waals surface area contributed by atoms with Crippen LogP contribution in [0, 0.1) is 9.39 Å². The maximum absolute atomic E-state index is 13.5. The van der Waals surface area contributed by atoms with Crippen LogP contribution in [-0.2, 0) is 19.1 Å². The lowest BCUT2D eigenvalue weighted by Crippen LogP contribution is -2.30. The molecule has 5 nitrogen and oxygen atoms in total. The summed E-state index contributed by atoms with van der Waals surface area (Å²) in [5.74, 6) is -1.09. The number of benzene rings is 1. The first-order valence-corrected chi connectivity index (χ1v) is 8.75. The van der Waals surface area contributed by atoms with Crippen LogP contribution in [0.3, 0.4) is 0 Å². The fourth-order valence-electron chi connectivity index (χ4n) is 2.08. The third-order valence-corrected chi connectivity index (χ3v) is 4.45. The van der Waals surface area contributed by atoms with Gasteiger partial charge in [-0.3, -0.25) is 8.98 Å². The number of hydrogen-bond acceptors (Lipinski definition) is 4. The molecule has 110 valence electrons. The van der Waals surface area contributed by atoms with Gasteiger partial charge in [0.2, 0.25) is 5.91 Å². The zero-order valence-corrected chi connectivity index (χ0v) is 13.6. The lowest BCUT2D eigenvalue weighted by Gasteiger charge is -2.09. The Hall–Kier alpha value is -0.740. The van der Waals surface area contributed by atoms with Crippen LogP contribution in [0.25, 0.3) is 0 Å². The smallest absolute Gasteiger partial charge is 0.264 e. The number of rotatable bonds is 4. The van der Waals surface area contributed by atoms with Gasteiger partial charge in [-0.2, -0.15) is 8.42 Å². The SMILES string of the molecule is CS(=O)(=O)OC[C@H]1CC(c2ccc(I)c(F)c2)C(=O)N1. The van der Waals surface area contributed by atoms with E-state index in [4.69, 9.17) is 0 Å². The molecule has 0 spiro atoms. The highest BCUT2D eigenvalue weighted by atomic mass is 127. The Labute approximate surface area is 130 Å². The predicted octanol–water partition coefficient (Wildman–Crippen LogP) is 1.38. The summed E-state index contributed by atoms with van der Waals surface area (Å²) in [6, 6.07) is 4.27. The van der Waals surface area contributed by atoms with E-state index in [0.717, 1.165) is 6.26 Å². The standard InChI is InChI=1S/C12H13FINO4S/c1-20(17,18)19-6-8-5-9(12(16)15-8)7-2-3-11(14)10(13)4-7/h2-4,8-9H,5-6H2,1H3,(H,15,16)/t8-,9?/m1/s1. The number of halogens is 2. The molecule has 2 atom stereocenters. The van der Waals surface area contributed by atoms with Crippen LogP contribution in [0.15, 0.2) is 18.2 Å². The third kappa shape index (κ3) is 3.89. The Morgan fingerprint density at radius 1 is 1.50 bits per heavy atom. The third-order valence-electron chi connectivity index (χ3n) is 3.01. The molecular weight excluding hydrogens is 400 g/mol. The van der Waals surface area contributed by atoms with E-state index in [2.05, 4.69) is 9.50 Å². The van der Waals surface area contributed by atoms with E-state index in [1.807, 2.05) is 22.6 Å². The van der Waals surface area contributed by atoms with Crippen LogP contribution in [0.1, 0.15) is 17.9 Å². The number of hydrogen-bond donors (Lipinski definition) is 1. The first kappa shape index (κ1) is 15.6. The molecule has 1 aliphatic heterocycles. The van der Waals surface area contributed by atoms with Gasteiger partial charge >= 0.3 is 0 Å². The molecule has 1 N–H and O–H groups in total. The molecule has 1 fully saturated rings. The Balaban J connectivity index is 2.07. The summed E-state index contributed by atoms with van der Waals surface area (Å²) in [6.07, 6.45) is 1.34. The van der Waals surface area contributed by atoms with Gasteiger partial charge in [-0.25, -0.2) is 4.39 Å². The first-order chi connectivity index (χ1) is 9.26. The van der Waals surface area contributed by atoms with Crippen LogP contribution in [0.2, 0.25) is 0 Å². The van der Waals surface area contributed by atoms with Gasteiger partial charge in [0.25, 0.3) is 10.1 Å². The van der Waals surface area contributed by atoms with Crippen LogP contribution in [-0.4, -0.2) is 33.2 Å². The van der Waals surface area contributed by atoms with Gasteiger partial charge in [0.1, 0.15) is 5.82 Å². The molecular formula is C12H13FINO4S. The van der Waals surface area contributed by atoms with Crippen molar-refractivity contribution in [2.24, 2.45) is 0 Å². The van der Waals surface area contributed by atoms with E-state index in [-0.39, 0.29) is 24.4 Å². The molecule has 0 saturated carbocycles. The summed E-state index contributed by atoms with van der Waals surface area (Å²) < 4.78 is 40.5. The van der Waals surface area contributed by atoms with Crippen molar-refractivity contribution in [2.75, 3.05) is 12.9 Å². The van der Waals surface area contributed by atoms with E-state index in [1.54, 1.807) is 12.1 Å². The van der Waals surface area contributed by atoms with Crippen molar-refractivity contribution < 1.29 is 21.8 Å². The minimum absolute atomic E-state index is 0.103. The molecule has 1 aromatic carbocycles. The molecule has 0 bridgehead atoms. The Bertz CT molecular complexity index is 634. The zero-order valence-electron chi connectivity index (χ0n) is 10.6. The van der Waals surface area contributed by atoms with Gasteiger partial charge in [-0.1, -0.05) is 6.07 Å². The quantitative estimate of drug-likeness (QED) is 0.598. The highest BCUT2D eigenvalue weighted by Crippen LogP contribution is 2.28. The van der Waals surface area contributed by atoms with Gasteiger partial charge in [0.15, 0.2) is 0 Å². The molecule has 1 unspecified atom stereocenters. The van der Waals surface area contributed by atoms with Gasteiger partial charge in [-0.15, -0.1) is 0 Å².